The molecule has 1 aromatic heterocycles. The third-order valence-electron chi connectivity index (χ3n) is 2.01. The second-order valence-electron chi connectivity index (χ2n) is 3.31. The van der Waals surface area contributed by atoms with Gasteiger partial charge in [0.1, 0.15) is 5.01 Å². The van der Waals surface area contributed by atoms with E-state index in [1.165, 1.54) is 11.3 Å². The van der Waals surface area contributed by atoms with Crippen LogP contribution in [0.5, 0.6) is 0 Å². The van der Waals surface area contributed by atoms with Crippen LogP contribution in [0.25, 0.3) is 0 Å². The number of rotatable bonds is 2. The van der Waals surface area contributed by atoms with Crippen molar-refractivity contribution in [3.8, 4) is 0 Å². The van der Waals surface area contributed by atoms with E-state index in [-0.39, 0.29) is 5.91 Å². The molecule has 0 bridgehead atoms. The average molecular weight is 313 g/mol. The zero-order valence-electron chi connectivity index (χ0n) is 8.90. The molecule has 1 aromatic carbocycles. The number of benzene rings is 1. The van der Waals surface area contributed by atoms with Crippen molar-refractivity contribution in [2.24, 2.45) is 0 Å². The molecule has 0 saturated carbocycles. The van der Waals surface area contributed by atoms with Crippen molar-refractivity contribution in [1.82, 2.24) is 10.2 Å². The summed E-state index contributed by atoms with van der Waals surface area (Å²) in [5.74, 6) is -0.292. The van der Waals surface area contributed by atoms with Crippen molar-refractivity contribution in [2.45, 2.75) is 6.92 Å². The number of aromatic nitrogens is 2. The van der Waals surface area contributed by atoms with Crippen molar-refractivity contribution in [1.29, 1.82) is 0 Å². The summed E-state index contributed by atoms with van der Waals surface area (Å²) in [5, 5.41) is 11.5. The SMILES string of the molecule is Cc1nnc(NC(=O)c2cc(Br)ccc2N)s1. The van der Waals surface area contributed by atoms with Crippen molar-refractivity contribution < 1.29 is 4.79 Å². The Morgan fingerprint density at radius 2 is 2.24 bits per heavy atom. The summed E-state index contributed by atoms with van der Waals surface area (Å²) in [6.07, 6.45) is 0. The summed E-state index contributed by atoms with van der Waals surface area (Å²) in [5.41, 5.74) is 6.57. The van der Waals surface area contributed by atoms with Crippen molar-refractivity contribution in [3.05, 3.63) is 33.2 Å². The second kappa shape index (κ2) is 4.80. The molecule has 1 amide bonds. The van der Waals surface area contributed by atoms with E-state index in [0.29, 0.717) is 16.4 Å². The molecule has 88 valence electrons. The number of nitrogens with one attached hydrogen (secondary N) is 1. The van der Waals surface area contributed by atoms with E-state index in [0.717, 1.165) is 9.48 Å². The summed E-state index contributed by atoms with van der Waals surface area (Å²) < 4.78 is 0.797. The van der Waals surface area contributed by atoms with Crippen molar-refractivity contribution in [2.75, 3.05) is 11.1 Å². The zero-order valence-corrected chi connectivity index (χ0v) is 11.3. The van der Waals surface area contributed by atoms with Crippen LogP contribution in [0.15, 0.2) is 22.7 Å². The standard InChI is InChI=1S/C10H9BrN4OS/c1-5-14-15-10(17-5)13-9(16)7-4-6(11)2-3-8(7)12/h2-4H,12H2,1H3,(H,13,15,16). The molecule has 0 aliphatic rings. The highest BCUT2D eigenvalue weighted by molar-refractivity contribution is 9.10. The molecule has 0 spiro atoms. The average Bonchev–Trinajstić information content (AvgIpc) is 2.67. The van der Waals surface area contributed by atoms with Crippen LogP contribution in [0.1, 0.15) is 15.4 Å². The number of amides is 1. The number of aryl methyl sites for hydroxylation is 1. The highest BCUT2D eigenvalue weighted by Crippen LogP contribution is 2.21. The predicted molar refractivity (Wildman–Crippen MR) is 71.2 cm³/mol. The molecule has 0 aliphatic heterocycles. The first-order valence-corrected chi connectivity index (χ1v) is 6.33. The lowest BCUT2D eigenvalue weighted by Crippen LogP contribution is -2.13. The van der Waals surface area contributed by atoms with Gasteiger partial charge in [0.05, 0.1) is 5.56 Å². The number of hydrogen-bond donors (Lipinski definition) is 2. The summed E-state index contributed by atoms with van der Waals surface area (Å²) >= 11 is 4.61. The van der Waals surface area contributed by atoms with E-state index in [4.69, 9.17) is 5.73 Å². The maximum absolute atomic E-state index is 11.9. The van der Waals surface area contributed by atoms with Crippen LogP contribution in [-0.2, 0) is 0 Å². The number of carbonyl (C=O) groups excluding carboxylic acids is 1. The number of anilines is 2. The van der Waals surface area contributed by atoms with Gasteiger partial charge in [-0.25, -0.2) is 0 Å². The first kappa shape index (κ1) is 12.0. The minimum atomic E-state index is -0.292. The van der Waals surface area contributed by atoms with Gasteiger partial charge in [-0.05, 0) is 25.1 Å². The first-order valence-electron chi connectivity index (χ1n) is 4.73. The largest absolute Gasteiger partial charge is 0.398 e. The third-order valence-corrected chi connectivity index (χ3v) is 3.25. The van der Waals surface area contributed by atoms with Crippen molar-refractivity contribution in [3.63, 3.8) is 0 Å². The molecule has 0 unspecified atom stereocenters. The van der Waals surface area contributed by atoms with Gasteiger partial charge in [-0.3, -0.25) is 10.1 Å². The summed E-state index contributed by atoms with van der Waals surface area (Å²) in [7, 11) is 0. The number of nitrogens with two attached hydrogens (primary N) is 1. The molecule has 0 atom stereocenters. The minimum absolute atomic E-state index is 0.292. The van der Waals surface area contributed by atoms with E-state index in [2.05, 4.69) is 31.4 Å². The monoisotopic (exact) mass is 312 g/mol. The van der Waals surface area contributed by atoms with Gasteiger partial charge in [0, 0.05) is 10.2 Å². The van der Waals surface area contributed by atoms with Gasteiger partial charge in [-0.15, -0.1) is 10.2 Å². The molecule has 1 heterocycles. The number of nitrogen functional groups attached to an aromatic ring is 1. The molecule has 2 aromatic rings. The van der Waals surface area contributed by atoms with Gasteiger partial charge in [-0.1, -0.05) is 27.3 Å². The fourth-order valence-corrected chi connectivity index (χ4v) is 2.18. The Morgan fingerprint density at radius 3 is 2.88 bits per heavy atom. The molecule has 3 N–H and O–H groups in total. The summed E-state index contributed by atoms with van der Waals surface area (Å²) in [6, 6.07) is 5.12. The maximum Gasteiger partial charge on any atom is 0.259 e. The molecule has 2 rings (SSSR count). The molecular weight excluding hydrogens is 304 g/mol. The molecular formula is C10H9BrN4OS. The van der Waals surface area contributed by atoms with Crippen LogP contribution < -0.4 is 11.1 Å². The maximum atomic E-state index is 11.9. The van der Waals surface area contributed by atoms with Crippen LogP contribution in [0.3, 0.4) is 0 Å². The highest BCUT2D eigenvalue weighted by Gasteiger charge is 2.12. The number of hydrogen-bond acceptors (Lipinski definition) is 5. The van der Waals surface area contributed by atoms with E-state index >= 15 is 0 Å². The molecule has 0 saturated heterocycles. The Balaban J connectivity index is 2.22. The van der Waals surface area contributed by atoms with Crippen molar-refractivity contribution >= 4 is 44.0 Å². The van der Waals surface area contributed by atoms with Crippen LogP contribution in [-0.4, -0.2) is 16.1 Å². The van der Waals surface area contributed by atoms with Gasteiger partial charge >= 0.3 is 0 Å². The van der Waals surface area contributed by atoms with Gasteiger partial charge in [0.2, 0.25) is 5.13 Å². The summed E-state index contributed by atoms with van der Waals surface area (Å²) in [4.78, 5) is 11.9. The normalized spacial score (nSPS) is 10.2. The van der Waals surface area contributed by atoms with Gasteiger partial charge in [0.25, 0.3) is 5.91 Å². The van der Waals surface area contributed by atoms with E-state index in [1.807, 2.05) is 6.92 Å². The lowest BCUT2D eigenvalue weighted by Gasteiger charge is -2.05. The van der Waals surface area contributed by atoms with Gasteiger partial charge in [0.15, 0.2) is 0 Å². The quantitative estimate of drug-likeness (QED) is 0.835. The highest BCUT2D eigenvalue weighted by atomic mass is 79.9. The van der Waals surface area contributed by atoms with Crippen LogP contribution >= 0.6 is 27.3 Å². The van der Waals surface area contributed by atoms with E-state index < -0.39 is 0 Å². The lowest BCUT2D eigenvalue weighted by molar-refractivity contribution is 0.102. The van der Waals surface area contributed by atoms with Crippen LogP contribution in [0, 0.1) is 6.92 Å². The van der Waals surface area contributed by atoms with Crippen LogP contribution in [0.2, 0.25) is 0 Å². The fourth-order valence-electron chi connectivity index (χ4n) is 1.24. The topological polar surface area (TPSA) is 80.9 Å². The van der Waals surface area contributed by atoms with E-state index in [9.17, 15) is 4.79 Å². The number of halogens is 1. The van der Waals surface area contributed by atoms with Gasteiger partial charge < -0.3 is 5.73 Å². The van der Waals surface area contributed by atoms with Gasteiger partial charge in [-0.2, -0.15) is 0 Å². The molecule has 0 aliphatic carbocycles. The summed E-state index contributed by atoms with van der Waals surface area (Å²) in [6.45, 7) is 1.82. The second-order valence-corrected chi connectivity index (χ2v) is 5.41. The predicted octanol–water partition coefficient (Wildman–Crippen LogP) is 2.44. The van der Waals surface area contributed by atoms with Crippen LogP contribution in [0.4, 0.5) is 10.8 Å². The fraction of sp³-hybridized carbons (Fsp3) is 0.100. The molecule has 5 nitrogen and oxygen atoms in total. The molecule has 7 heteroatoms. The molecule has 0 fully saturated rings. The third kappa shape index (κ3) is 2.80. The first-order chi connectivity index (χ1) is 8.06. The Morgan fingerprint density at radius 1 is 1.47 bits per heavy atom. The number of carbonyl (C=O) groups is 1. The lowest BCUT2D eigenvalue weighted by atomic mass is 10.2. The zero-order chi connectivity index (χ0) is 12.4. The Bertz CT molecular complexity index is 569. The Kier molecular flexibility index (Phi) is 3.39. The Labute approximate surface area is 110 Å². The molecule has 0 radical (unpaired) electrons. The minimum Gasteiger partial charge on any atom is -0.398 e. The smallest absolute Gasteiger partial charge is 0.259 e. The number of nitrogens with zero attached hydrogens (tertiary/aromatic N) is 2. The Hall–Kier alpha value is -1.47. The molecule has 17 heavy (non-hydrogen) atoms. The van der Waals surface area contributed by atoms with E-state index in [1.54, 1.807) is 18.2 Å².